The molecule has 0 aliphatic heterocycles. The van der Waals surface area contributed by atoms with Gasteiger partial charge >= 0.3 is 16.4 Å². The summed E-state index contributed by atoms with van der Waals surface area (Å²) in [5.41, 5.74) is -1.30. The Morgan fingerprint density at radius 1 is 0.556 bits per heavy atom. The van der Waals surface area contributed by atoms with Gasteiger partial charge in [-0.3, -0.25) is 0 Å². The van der Waals surface area contributed by atoms with Gasteiger partial charge in [0, 0.05) is 0 Å². The number of hydrogen-bond acceptors (Lipinski definition) is 5. The summed E-state index contributed by atoms with van der Waals surface area (Å²) in [6, 6.07) is 0. The quantitative estimate of drug-likeness (QED) is 0.234. The Balaban J connectivity index is 2.14. The second-order valence-electron chi connectivity index (χ2n) is 10.9. The molecular weight excluding hydrogens is 534 g/mol. The first kappa shape index (κ1) is 30.0. The standard InChI is InChI=1S/C23H36F6O5S2/c24-21(25,23(28,29)36(32,33)34)22(26,27)35(30,31)16-20(17-10-4-1-5-11-17,18-12-6-2-7-13-18)19-14-8-3-9-15-19/h17-19H,1-16H2,(H,32,33,34)/p-1. The van der Waals surface area contributed by atoms with Crippen molar-refractivity contribution in [2.75, 3.05) is 5.75 Å². The van der Waals surface area contributed by atoms with Crippen molar-refractivity contribution in [1.29, 1.82) is 0 Å². The minimum atomic E-state index is -7.29. The average molecular weight is 570 g/mol. The van der Waals surface area contributed by atoms with Crippen molar-refractivity contribution < 1.29 is 47.7 Å². The second kappa shape index (κ2) is 10.5. The molecule has 5 nitrogen and oxygen atoms in total. The summed E-state index contributed by atoms with van der Waals surface area (Å²) in [5.74, 6) is -9.39. The third-order valence-electron chi connectivity index (χ3n) is 8.97. The van der Waals surface area contributed by atoms with E-state index in [4.69, 9.17) is 0 Å². The molecule has 0 N–H and O–H groups in total. The Hall–Kier alpha value is -0.560. The van der Waals surface area contributed by atoms with Crippen LogP contribution in [0.5, 0.6) is 0 Å². The molecule has 0 unspecified atom stereocenters. The Kier molecular flexibility index (Phi) is 8.78. The van der Waals surface area contributed by atoms with Crippen molar-refractivity contribution in [3.8, 4) is 0 Å². The molecule has 0 aromatic carbocycles. The van der Waals surface area contributed by atoms with E-state index in [1.54, 1.807) is 0 Å². The van der Waals surface area contributed by atoms with E-state index in [0.29, 0.717) is 38.5 Å². The topological polar surface area (TPSA) is 91.3 Å². The first-order chi connectivity index (χ1) is 16.5. The Labute approximate surface area is 209 Å². The van der Waals surface area contributed by atoms with Crippen LogP contribution in [0.1, 0.15) is 96.3 Å². The molecule has 3 aliphatic carbocycles. The summed E-state index contributed by atoms with van der Waals surface area (Å²) in [5, 5.41) is -13.3. The van der Waals surface area contributed by atoms with Crippen LogP contribution < -0.4 is 0 Å². The van der Waals surface area contributed by atoms with Crippen LogP contribution in [0.2, 0.25) is 0 Å². The molecule has 13 heteroatoms. The fourth-order valence-electron chi connectivity index (χ4n) is 7.22. The minimum Gasteiger partial charge on any atom is -0.743 e. The lowest BCUT2D eigenvalue weighted by atomic mass is 9.52. The largest absolute Gasteiger partial charge is 0.743 e. The summed E-state index contributed by atoms with van der Waals surface area (Å²) in [6.45, 7) is 0. The van der Waals surface area contributed by atoms with Crippen molar-refractivity contribution in [1.82, 2.24) is 0 Å². The average Bonchev–Trinajstić information content (AvgIpc) is 2.83. The molecule has 3 rings (SSSR count). The third kappa shape index (κ3) is 5.05. The second-order valence-corrected chi connectivity index (χ2v) is 14.4. The maximum Gasteiger partial charge on any atom is 0.414 e. The molecule has 0 spiro atoms. The normalized spacial score (nSPS) is 23.6. The highest BCUT2D eigenvalue weighted by Gasteiger charge is 2.80. The monoisotopic (exact) mass is 569 g/mol. The van der Waals surface area contributed by atoms with Gasteiger partial charge in [-0.2, -0.15) is 26.3 Å². The maximum absolute atomic E-state index is 15.0. The lowest BCUT2D eigenvalue weighted by Gasteiger charge is -2.55. The highest BCUT2D eigenvalue weighted by Crippen LogP contribution is 2.59. The molecule has 36 heavy (non-hydrogen) atoms. The number of sulfone groups is 1. The van der Waals surface area contributed by atoms with Gasteiger partial charge < -0.3 is 4.55 Å². The molecule has 0 amide bonds. The number of alkyl halides is 6. The zero-order valence-electron chi connectivity index (χ0n) is 20.2. The molecular formula is C23H35F6O5S2-. The van der Waals surface area contributed by atoms with E-state index in [9.17, 15) is 39.0 Å². The minimum absolute atomic E-state index is 0.347. The van der Waals surface area contributed by atoms with Crippen molar-refractivity contribution >= 4 is 20.0 Å². The van der Waals surface area contributed by atoms with Crippen molar-refractivity contribution in [3.63, 3.8) is 0 Å². The first-order valence-electron chi connectivity index (χ1n) is 12.8. The van der Waals surface area contributed by atoms with E-state index in [-0.39, 0.29) is 17.8 Å². The summed E-state index contributed by atoms with van der Waals surface area (Å²) < 4.78 is 145. The SMILES string of the molecule is O=S(=O)([O-])C(F)(F)C(F)(F)C(F)(F)S(=O)(=O)CC(C1CCCCC1)(C1CCCCC1)C1CCCCC1. The molecule has 3 aliphatic rings. The van der Waals surface area contributed by atoms with Gasteiger partial charge in [0.2, 0.25) is 9.84 Å². The van der Waals surface area contributed by atoms with Crippen LogP contribution in [0, 0.1) is 23.2 Å². The third-order valence-corrected chi connectivity index (χ3v) is 11.8. The lowest BCUT2D eigenvalue weighted by molar-refractivity contribution is -0.246. The summed E-state index contributed by atoms with van der Waals surface area (Å²) in [4.78, 5) is 0. The fraction of sp³-hybridized carbons (Fsp3) is 1.00. The van der Waals surface area contributed by atoms with Crippen LogP contribution in [0.4, 0.5) is 26.3 Å². The van der Waals surface area contributed by atoms with Gasteiger partial charge in [0.25, 0.3) is 0 Å². The molecule has 0 bridgehead atoms. The van der Waals surface area contributed by atoms with Gasteiger partial charge in [-0.15, -0.1) is 0 Å². The van der Waals surface area contributed by atoms with Gasteiger partial charge in [-0.05, 0) is 61.7 Å². The zero-order chi connectivity index (χ0) is 27.0. The van der Waals surface area contributed by atoms with E-state index in [2.05, 4.69) is 0 Å². The highest BCUT2D eigenvalue weighted by atomic mass is 32.2. The van der Waals surface area contributed by atoms with Crippen LogP contribution in [-0.2, 0) is 20.0 Å². The molecule has 3 fully saturated rings. The molecule has 0 aromatic rings. The molecule has 0 saturated heterocycles. The van der Waals surface area contributed by atoms with Crippen LogP contribution in [0.25, 0.3) is 0 Å². The predicted octanol–water partition coefficient (Wildman–Crippen LogP) is 6.49. The Bertz CT molecular complexity index is 919. The zero-order valence-corrected chi connectivity index (χ0v) is 21.8. The number of rotatable bonds is 9. The smallest absolute Gasteiger partial charge is 0.414 e. The first-order valence-corrected chi connectivity index (χ1v) is 15.9. The lowest BCUT2D eigenvalue weighted by Crippen LogP contribution is -2.63. The van der Waals surface area contributed by atoms with Crippen LogP contribution in [0.15, 0.2) is 0 Å². The van der Waals surface area contributed by atoms with E-state index < -0.39 is 47.6 Å². The maximum atomic E-state index is 15.0. The Morgan fingerprint density at radius 3 is 1.14 bits per heavy atom. The molecule has 0 atom stereocenters. The van der Waals surface area contributed by atoms with Gasteiger partial charge in [0.1, 0.15) is 0 Å². The summed E-state index contributed by atoms with van der Waals surface area (Å²) in [7, 11) is -13.6. The van der Waals surface area contributed by atoms with Crippen LogP contribution >= 0.6 is 0 Å². The van der Waals surface area contributed by atoms with E-state index >= 15 is 8.78 Å². The molecule has 3 saturated carbocycles. The van der Waals surface area contributed by atoms with E-state index in [0.717, 1.165) is 57.8 Å². The molecule has 0 aromatic heterocycles. The van der Waals surface area contributed by atoms with E-state index in [1.807, 2.05) is 0 Å². The summed E-state index contributed by atoms with van der Waals surface area (Å²) >= 11 is 0. The van der Waals surface area contributed by atoms with Crippen molar-refractivity contribution in [2.45, 2.75) is 113 Å². The molecule has 0 heterocycles. The Morgan fingerprint density at radius 2 is 0.861 bits per heavy atom. The van der Waals surface area contributed by atoms with Crippen molar-refractivity contribution in [3.05, 3.63) is 0 Å². The number of hydrogen-bond donors (Lipinski definition) is 0. The van der Waals surface area contributed by atoms with Gasteiger partial charge in [0.15, 0.2) is 10.1 Å². The predicted molar refractivity (Wildman–Crippen MR) is 120 cm³/mol. The summed E-state index contributed by atoms with van der Waals surface area (Å²) in [6.07, 6.45) is 10.2. The van der Waals surface area contributed by atoms with Crippen LogP contribution in [0.3, 0.4) is 0 Å². The highest BCUT2D eigenvalue weighted by molar-refractivity contribution is 7.92. The van der Waals surface area contributed by atoms with Gasteiger partial charge in [-0.1, -0.05) is 57.8 Å². The molecule has 212 valence electrons. The number of halogens is 6. The van der Waals surface area contributed by atoms with Gasteiger partial charge in [-0.25, -0.2) is 16.8 Å². The van der Waals surface area contributed by atoms with Crippen LogP contribution in [-0.4, -0.2) is 43.6 Å². The molecule has 0 radical (unpaired) electrons. The van der Waals surface area contributed by atoms with Gasteiger partial charge in [0.05, 0.1) is 5.75 Å². The van der Waals surface area contributed by atoms with Crippen molar-refractivity contribution in [2.24, 2.45) is 23.2 Å². The van der Waals surface area contributed by atoms with E-state index in [1.165, 1.54) is 0 Å². The fourth-order valence-corrected chi connectivity index (χ4v) is 9.79.